The summed E-state index contributed by atoms with van der Waals surface area (Å²) < 4.78 is 7.01. The molecule has 3 rings (SSSR count). The van der Waals surface area contributed by atoms with Crippen molar-refractivity contribution >= 4 is 45.2 Å². The molecule has 0 aromatic carbocycles. The molecule has 0 unspecified atom stereocenters. The monoisotopic (exact) mass is 468 g/mol. The van der Waals surface area contributed by atoms with E-state index in [0.29, 0.717) is 12.2 Å². The van der Waals surface area contributed by atoms with Gasteiger partial charge in [-0.15, -0.1) is 16.4 Å². The van der Waals surface area contributed by atoms with E-state index in [-0.39, 0.29) is 17.3 Å². The normalized spacial score (nSPS) is 11.6. The Labute approximate surface area is 172 Å². The maximum Gasteiger partial charge on any atom is 0.294 e. The van der Waals surface area contributed by atoms with Crippen LogP contribution in [-0.4, -0.2) is 50.5 Å². The lowest BCUT2D eigenvalue weighted by molar-refractivity contribution is -0.910. The first-order valence-electron chi connectivity index (χ1n) is 8.48. The maximum atomic E-state index is 12.6. The summed E-state index contributed by atoms with van der Waals surface area (Å²) in [6.07, 6.45) is 1.56. The number of rotatable bonds is 8. The van der Waals surface area contributed by atoms with Gasteiger partial charge in [0, 0.05) is 4.88 Å². The second-order valence-corrected chi connectivity index (χ2v) is 8.24. The predicted octanol–water partition coefficient (Wildman–Crippen LogP) is 0.245. The topological polar surface area (TPSA) is 142 Å². The summed E-state index contributed by atoms with van der Waals surface area (Å²) in [5.74, 6) is -0.219. The lowest BCUT2D eigenvalue weighted by Gasteiger charge is -2.15. The van der Waals surface area contributed by atoms with Gasteiger partial charge in [0.05, 0.1) is 23.1 Å². The van der Waals surface area contributed by atoms with Gasteiger partial charge < -0.3 is 10.6 Å². The van der Waals surface area contributed by atoms with Gasteiger partial charge in [-0.3, -0.25) is 4.79 Å². The Balaban J connectivity index is 1.86. The molecule has 3 aromatic rings. The second kappa shape index (κ2) is 9.03. The number of halogens is 1. The summed E-state index contributed by atoms with van der Waals surface area (Å²) in [5.41, 5.74) is 8.96. The van der Waals surface area contributed by atoms with Crippen LogP contribution in [-0.2, 0) is 6.54 Å². The van der Waals surface area contributed by atoms with E-state index in [1.54, 1.807) is 6.21 Å². The minimum absolute atomic E-state index is 0.0638. The summed E-state index contributed by atoms with van der Waals surface area (Å²) >= 11 is 4.88. The first-order chi connectivity index (χ1) is 13.5. The van der Waals surface area contributed by atoms with E-state index in [9.17, 15) is 4.79 Å². The Morgan fingerprint density at radius 1 is 1.43 bits per heavy atom. The number of hydrazone groups is 1. The fourth-order valence-electron chi connectivity index (χ4n) is 2.49. The number of hydrogen-bond acceptors (Lipinski definition) is 9. The van der Waals surface area contributed by atoms with Gasteiger partial charge in [0.15, 0.2) is 5.69 Å². The fourth-order valence-corrected chi connectivity index (χ4v) is 3.78. The van der Waals surface area contributed by atoms with Gasteiger partial charge in [-0.25, -0.2) is 10.1 Å². The highest BCUT2D eigenvalue weighted by atomic mass is 79.9. The summed E-state index contributed by atoms with van der Waals surface area (Å²) in [5, 5.41) is 19.3. The van der Waals surface area contributed by atoms with E-state index in [4.69, 9.17) is 5.73 Å². The number of anilines is 1. The number of nitrogens with zero attached hydrogens (tertiary/aromatic N) is 6. The van der Waals surface area contributed by atoms with Crippen molar-refractivity contribution in [1.29, 1.82) is 0 Å². The minimum atomic E-state index is -0.477. The molecule has 1 amide bonds. The van der Waals surface area contributed by atoms with Crippen LogP contribution in [0, 0.1) is 0 Å². The number of nitrogen functional groups attached to an aromatic ring is 1. The third kappa shape index (κ3) is 4.43. The molecule has 0 aliphatic carbocycles. The number of amides is 1. The van der Waals surface area contributed by atoms with Crippen LogP contribution < -0.4 is 16.1 Å². The molecule has 13 heteroatoms. The van der Waals surface area contributed by atoms with Crippen LogP contribution in [0.15, 0.2) is 25.6 Å². The molecule has 0 aliphatic heterocycles. The zero-order valence-corrected chi connectivity index (χ0v) is 17.6. The smallest absolute Gasteiger partial charge is 0.294 e. The predicted molar refractivity (Wildman–Crippen MR) is 106 cm³/mol. The van der Waals surface area contributed by atoms with Crippen LogP contribution in [0.1, 0.15) is 34.9 Å². The van der Waals surface area contributed by atoms with Crippen LogP contribution in [0.2, 0.25) is 0 Å². The third-order valence-corrected chi connectivity index (χ3v) is 5.60. The second-order valence-electron chi connectivity index (χ2n) is 5.74. The molecule has 0 atom stereocenters. The first kappa shape index (κ1) is 20.1. The summed E-state index contributed by atoms with van der Waals surface area (Å²) in [7, 11) is 0. The molecule has 11 nitrogen and oxygen atoms in total. The molecule has 3 aromatic heterocycles. The fraction of sp³-hybridized carbons (Fsp3) is 0.333. The van der Waals surface area contributed by atoms with Crippen molar-refractivity contribution in [1.82, 2.24) is 30.7 Å². The number of carbonyl (C=O) groups is 1. The van der Waals surface area contributed by atoms with E-state index >= 15 is 0 Å². The van der Waals surface area contributed by atoms with Crippen molar-refractivity contribution < 1.29 is 14.3 Å². The van der Waals surface area contributed by atoms with E-state index in [1.807, 2.05) is 12.1 Å². The van der Waals surface area contributed by atoms with Gasteiger partial charge >= 0.3 is 0 Å². The van der Waals surface area contributed by atoms with Crippen molar-refractivity contribution in [2.45, 2.75) is 20.4 Å². The number of thiophene rings is 1. The first-order valence-corrected chi connectivity index (χ1v) is 10.1. The molecule has 28 heavy (non-hydrogen) atoms. The van der Waals surface area contributed by atoms with Crippen molar-refractivity contribution in [3.8, 4) is 5.82 Å². The van der Waals surface area contributed by atoms with Crippen LogP contribution in [0.3, 0.4) is 0 Å². The van der Waals surface area contributed by atoms with Crippen LogP contribution in [0.25, 0.3) is 5.82 Å². The highest BCUT2D eigenvalue weighted by Crippen LogP contribution is 2.20. The summed E-state index contributed by atoms with van der Waals surface area (Å²) in [6.45, 7) is 6.34. The zero-order valence-electron chi connectivity index (χ0n) is 15.2. The van der Waals surface area contributed by atoms with Crippen molar-refractivity contribution in [2.75, 3.05) is 18.8 Å². The molecule has 0 bridgehead atoms. The van der Waals surface area contributed by atoms with Crippen molar-refractivity contribution in [3.63, 3.8) is 0 Å². The number of nitrogens with one attached hydrogen (secondary N) is 2. The molecule has 148 valence electrons. The molecular weight excluding hydrogens is 450 g/mol. The molecule has 0 radical (unpaired) electrons. The van der Waals surface area contributed by atoms with Gasteiger partial charge in [-0.1, -0.05) is 5.21 Å². The lowest BCUT2D eigenvalue weighted by Crippen LogP contribution is -3.10. The molecule has 0 spiro atoms. The van der Waals surface area contributed by atoms with Gasteiger partial charge in [0.2, 0.25) is 11.6 Å². The number of aromatic nitrogens is 5. The Hall–Kier alpha value is -2.64. The van der Waals surface area contributed by atoms with E-state index in [1.165, 1.54) is 20.9 Å². The number of hydrogen-bond donors (Lipinski definition) is 3. The number of nitrogens with two attached hydrogens (primary N) is 1. The van der Waals surface area contributed by atoms with Gasteiger partial charge in [0.1, 0.15) is 12.2 Å². The van der Waals surface area contributed by atoms with Crippen molar-refractivity contribution in [3.05, 3.63) is 32.2 Å². The van der Waals surface area contributed by atoms with E-state index in [2.05, 4.69) is 65.6 Å². The highest BCUT2D eigenvalue weighted by Gasteiger charge is 2.26. The van der Waals surface area contributed by atoms with Crippen LogP contribution in [0.4, 0.5) is 5.82 Å². The molecule has 0 saturated heterocycles. The Bertz CT molecular complexity index is 976. The molecule has 0 fully saturated rings. The lowest BCUT2D eigenvalue weighted by atomic mass is 10.2. The SMILES string of the molecule is CC[NH+](CC)Cc1c(C(=O)NN=Cc2ccc(Br)s2)nnn1-c1nonc1N. The molecule has 4 N–H and O–H groups in total. The standard InChI is InChI=1S/C15H18BrN9O2S/c1-3-24(4-2)8-10-12(19-23-25(10)14-13(17)21-27-22-14)15(26)20-18-7-9-5-6-11(16)28-9/h5-7H,3-4,8H2,1-2H3,(H2,17,21)(H,20,26)/p+1. The molecule has 0 saturated carbocycles. The van der Waals surface area contributed by atoms with Crippen molar-refractivity contribution in [2.24, 2.45) is 5.10 Å². The third-order valence-electron chi connectivity index (χ3n) is 4.04. The molecule has 3 heterocycles. The number of quaternary nitrogens is 1. The highest BCUT2D eigenvalue weighted by molar-refractivity contribution is 9.11. The molecular formula is C15H19BrN9O2S+. The molecule has 0 aliphatic rings. The van der Waals surface area contributed by atoms with E-state index in [0.717, 1.165) is 21.8 Å². The largest absolute Gasteiger partial charge is 0.378 e. The maximum absolute atomic E-state index is 12.6. The van der Waals surface area contributed by atoms with Crippen LogP contribution >= 0.6 is 27.3 Å². The Morgan fingerprint density at radius 3 is 2.82 bits per heavy atom. The zero-order chi connectivity index (χ0) is 20.1. The Kier molecular flexibility index (Phi) is 6.49. The Morgan fingerprint density at radius 2 is 2.21 bits per heavy atom. The van der Waals surface area contributed by atoms with E-state index < -0.39 is 5.91 Å². The van der Waals surface area contributed by atoms with Gasteiger partial charge in [-0.2, -0.15) is 9.78 Å². The number of carbonyl (C=O) groups excluding carboxylic acids is 1. The summed E-state index contributed by atoms with van der Waals surface area (Å²) in [6, 6.07) is 3.79. The minimum Gasteiger partial charge on any atom is -0.378 e. The van der Waals surface area contributed by atoms with Gasteiger partial charge in [0.25, 0.3) is 5.91 Å². The average Bonchev–Trinajstić information content (AvgIpc) is 3.39. The quantitative estimate of drug-likeness (QED) is 0.317. The average molecular weight is 469 g/mol. The van der Waals surface area contributed by atoms with Gasteiger partial charge in [-0.05, 0) is 52.2 Å². The summed E-state index contributed by atoms with van der Waals surface area (Å²) in [4.78, 5) is 14.8. The van der Waals surface area contributed by atoms with Crippen LogP contribution in [0.5, 0.6) is 0 Å².